The summed E-state index contributed by atoms with van der Waals surface area (Å²) in [5.74, 6) is 0. The molecule has 1 heterocycles. The highest BCUT2D eigenvalue weighted by Gasteiger charge is 2.30. The highest BCUT2D eigenvalue weighted by molar-refractivity contribution is 7.08. The maximum atomic E-state index is 12.7. The van der Waals surface area contributed by atoms with Gasteiger partial charge in [-0.15, -0.1) is 0 Å². The summed E-state index contributed by atoms with van der Waals surface area (Å²) < 4.78 is 12.7. The van der Waals surface area contributed by atoms with E-state index >= 15 is 0 Å². The second kappa shape index (κ2) is 2.81. The van der Waals surface area contributed by atoms with Crippen LogP contribution in [-0.2, 0) is 0 Å². The quantitative estimate of drug-likeness (QED) is 0.721. The van der Waals surface area contributed by atoms with Gasteiger partial charge in [-0.1, -0.05) is 0 Å². The van der Waals surface area contributed by atoms with Gasteiger partial charge in [0.05, 0.1) is 6.04 Å². The van der Waals surface area contributed by atoms with E-state index in [2.05, 4.69) is 5.32 Å². The predicted octanol–water partition coefficient (Wildman–Crippen LogP) is 2.66. The van der Waals surface area contributed by atoms with Crippen LogP contribution < -0.4 is 5.32 Å². The van der Waals surface area contributed by atoms with E-state index in [9.17, 15) is 4.39 Å². The molecule has 1 aliphatic rings. The molecule has 2 atom stereocenters. The van der Waals surface area contributed by atoms with Crippen LogP contribution in [0.1, 0.15) is 12.8 Å². The van der Waals surface area contributed by atoms with Crippen molar-refractivity contribution in [3.63, 3.8) is 0 Å². The first kappa shape index (κ1) is 7.10. The molecule has 0 aromatic carbocycles. The molecule has 0 radical (unpaired) electrons. The van der Waals surface area contributed by atoms with Crippen molar-refractivity contribution < 1.29 is 4.39 Å². The largest absolute Gasteiger partial charge is 0.379 e. The molecule has 0 aliphatic heterocycles. The summed E-state index contributed by atoms with van der Waals surface area (Å²) in [6, 6.07) is 2.06. The zero-order chi connectivity index (χ0) is 7.68. The lowest BCUT2D eigenvalue weighted by Crippen LogP contribution is -2.39. The van der Waals surface area contributed by atoms with Crippen molar-refractivity contribution in [1.82, 2.24) is 0 Å². The average molecular weight is 171 g/mol. The molecule has 2 rings (SSSR count). The zero-order valence-electron chi connectivity index (χ0n) is 6.09. The molecular weight excluding hydrogens is 161 g/mol. The van der Waals surface area contributed by atoms with Crippen molar-refractivity contribution >= 4 is 17.0 Å². The fraction of sp³-hybridized carbons (Fsp3) is 0.500. The van der Waals surface area contributed by atoms with Gasteiger partial charge in [0.25, 0.3) is 0 Å². The molecule has 0 saturated heterocycles. The van der Waals surface area contributed by atoms with Gasteiger partial charge >= 0.3 is 0 Å². The Hall–Kier alpha value is -0.570. The maximum absolute atomic E-state index is 12.7. The molecule has 1 fully saturated rings. The minimum Gasteiger partial charge on any atom is -0.379 e. The van der Waals surface area contributed by atoms with E-state index in [1.165, 1.54) is 0 Å². The van der Waals surface area contributed by atoms with Gasteiger partial charge in [0, 0.05) is 11.1 Å². The van der Waals surface area contributed by atoms with E-state index in [4.69, 9.17) is 0 Å². The smallest absolute Gasteiger partial charge is 0.120 e. The van der Waals surface area contributed by atoms with E-state index in [0.29, 0.717) is 0 Å². The van der Waals surface area contributed by atoms with Gasteiger partial charge in [-0.2, -0.15) is 11.3 Å². The lowest BCUT2D eigenvalue weighted by molar-refractivity contribution is 0.186. The summed E-state index contributed by atoms with van der Waals surface area (Å²) in [7, 11) is 0. The Morgan fingerprint density at radius 2 is 2.45 bits per heavy atom. The van der Waals surface area contributed by atoms with Crippen LogP contribution in [0.25, 0.3) is 0 Å². The Labute approximate surface area is 69.2 Å². The Balaban J connectivity index is 1.91. The number of hydrogen-bond donors (Lipinski definition) is 1. The summed E-state index contributed by atoms with van der Waals surface area (Å²) in [4.78, 5) is 0. The van der Waals surface area contributed by atoms with Crippen LogP contribution in [0.5, 0.6) is 0 Å². The van der Waals surface area contributed by atoms with E-state index in [-0.39, 0.29) is 6.04 Å². The lowest BCUT2D eigenvalue weighted by Gasteiger charge is -2.31. The Morgan fingerprint density at radius 3 is 2.91 bits per heavy atom. The number of nitrogens with one attached hydrogen (secondary N) is 1. The predicted molar refractivity (Wildman–Crippen MR) is 45.9 cm³/mol. The van der Waals surface area contributed by atoms with Gasteiger partial charge in [-0.25, -0.2) is 4.39 Å². The van der Waals surface area contributed by atoms with E-state index in [1.807, 2.05) is 16.8 Å². The maximum Gasteiger partial charge on any atom is 0.120 e. The first-order valence-corrected chi connectivity index (χ1v) is 4.73. The summed E-state index contributed by atoms with van der Waals surface area (Å²) in [6.45, 7) is 0. The van der Waals surface area contributed by atoms with Gasteiger partial charge in [-0.3, -0.25) is 0 Å². The fourth-order valence-electron chi connectivity index (χ4n) is 1.18. The Kier molecular flexibility index (Phi) is 1.82. The summed E-state index contributed by atoms with van der Waals surface area (Å²) in [5.41, 5.74) is 1.06. The van der Waals surface area contributed by atoms with Crippen LogP contribution in [0, 0.1) is 0 Å². The van der Waals surface area contributed by atoms with E-state index in [0.717, 1.165) is 18.5 Å². The molecule has 0 spiro atoms. The highest BCUT2D eigenvalue weighted by atomic mass is 32.1. The topological polar surface area (TPSA) is 12.0 Å². The molecule has 1 aromatic heterocycles. The Morgan fingerprint density at radius 1 is 1.55 bits per heavy atom. The van der Waals surface area contributed by atoms with Crippen LogP contribution in [0.4, 0.5) is 10.1 Å². The number of rotatable bonds is 2. The van der Waals surface area contributed by atoms with Crippen molar-refractivity contribution in [2.24, 2.45) is 0 Å². The number of anilines is 1. The third-order valence-electron chi connectivity index (χ3n) is 2.06. The zero-order valence-corrected chi connectivity index (χ0v) is 6.90. The molecule has 0 bridgehead atoms. The minimum atomic E-state index is -0.630. The van der Waals surface area contributed by atoms with Crippen LogP contribution >= 0.6 is 11.3 Å². The average Bonchev–Trinajstić information content (AvgIpc) is 2.49. The number of thiophene rings is 1. The summed E-state index contributed by atoms with van der Waals surface area (Å²) in [6.07, 6.45) is 1.06. The van der Waals surface area contributed by atoms with Gasteiger partial charge in [-0.05, 0) is 24.3 Å². The first-order valence-electron chi connectivity index (χ1n) is 3.79. The molecule has 11 heavy (non-hydrogen) atoms. The summed E-state index contributed by atoms with van der Waals surface area (Å²) in [5, 5.41) is 7.14. The molecule has 1 N–H and O–H groups in total. The third kappa shape index (κ3) is 1.38. The van der Waals surface area contributed by atoms with Crippen molar-refractivity contribution in [3.05, 3.63) is 16.8 Å². The molecule has 1 aromatic rings. The van der Waals surface area contributed by atoms with Gasteiger partial charge in [0.1, 0.15) is 6.17 Å². The standard InChI is InChI=1S/C8H10FNS/c9-7-1-2-8(7)10-6-3-4-11-5-6/h3-5,7-8,10H,1-2H2. The number of hydrogen-bond acceptors (Lipinski definition) is 2. The van der Waals surface area contributed by atoms with Gasteiger partial charge in [0.2, 0.25) is 0 Å². The molecule has 1 saturated carbocycles. The lowest BCUT2D eigenvalue weighted by atomic mass is 9.90. The first-order chi connectivity index (χ1) is 5.36. The van der Waals surface area contributed by atoms with Crippen molar-refractivity contribution in [2.45, 2.75) is 25.1 Å². The van der Waals surface area contributed by atoms with Gasteiger partial charge < -0.3 is 5.32 Å². The van der Waals surface area contributed by atoms with Crippen LogP contribution in [0.2, 0.25) is 0 Å². The van der Waals surface area contributed by atoms with E-state index in [1.54, 1.807) is 11.3 Å². The molecule has 3 heteroatoms. The SMILES string of the molecule is FC1CCC1Nc1ccsc1. The molecular formula is C8H10FNS. The molecule has 2 unspecified atom stereocenters. The van der Waals surface area contributed by atoms with Gasteiger partial charge in [0.15, 0.2) is 0 Å². The van der Waals surface area contributed by atoms with Crippen molar-refractivity contribution in [2.75, 3.05) is 5.32 Å². The molecule has 1 nitrogen and oxygen atoms in total. The normalized spacial score (nSPS) is 29.5. The number of halogens is 1. The Bertz CT molecular complexity index is 222. The van der Waals surface area contributed by atoms with E-state index < -0.39 is 6.17 Å². The fourth-order valence-corrected chi connectivity index (χ4v) is 1.78. The molecule has 1 aliphatic carbocycles. The van der Waals surface area contributed by atoms with Crippen LogP contribution in [0.3, 0.4) is 0 Å². The molecule has 60 valence electrons. The van der Waals surface area contributed by atoms with Crippen LogP contribution in [-0.4, -0.2) is 12.2 Å². The molecule has 0 amide bonds. The minimum absolute atomic E-state index is 0.0737. The third-order valence-corrected chi connectivity index (χ3v) is 2.75. The second-order valence-corrected chi connectivity index (χ2v) is 3.64. The second-order valence-electron chi connectivity index (χ2n) is 2.86. The highest BCUT2D eigenvalue weighted by Crippen LogP contribution is 2.27. The van der Waals surface area contributed by atoms with Crippen molar-refractivity contribution in [1.29, 1.82) is 0 Å². The summed E-state index contributed by atoms with van der Waals surface area (Å²) >= 11 is 1.63. The number of alkyl halides is 1. The van der Waals surface area contributed by atoms with Crippen molar-refractivity contribution in [3.8, 4) is 0 Å². The van der Waals surface area contributed by atoms with Crippen LogP contribution in [0.15, 0.2) is 16.8 Å². The monoisotopic (exact) mass is 171 g/mol.